The molecule has 2 rings (SSSR count). The van der Waals surface area contributed by atoms with E-state index in [0.717, 1.165) is 4.90 Å². The van der Waals surface area contributed by atoms with Crippen LogP contribution in [0.25, 0.3) is 0 Å². The van der Waals surface area contributed by atoms with Crippen molar-refractivity contribution in [3.63, 3.8) is 0 Å². The number of esters is 1. The molecule has 0 spiro atoms. The SMILES string of the molecule is CSc1ccc(NC(=O)COC(=O)c2[nH]c(C)c(C(C)=O)c2C)cc1. The van der Waals surface area contributed by atoms with Crippen LogP contribution in [0.3, 0.4) is 0 Å². The van der Waals surface area contributed by atoms with Gasteiger partial charge in [0.15, 0.2) is 12.4 Å². The number of rotatable bonds is 6. The highest BCUT2D eigenvalue weighted by Crippen LogP contribution is 2.19. The van der Waals surface area contributed by atoms with Crippen LogP contribution in [-0.4, -0.2) is 35.5 Å². The lowest BCUT2D eigenvalue weighted by Crippen LogP contribution is -2.21. The van der Waals surface area contributed by atoms with E-state index in [2.05, 4.69) is 10.3 Å². The number of thioether (sulfide) groups is 1. The van der Waals surface area contributed by atoms with E-state index >= 15 is 0 Å². The van der Waals surface area contributed by atoms with E-state index in [1.54, 1.807) is 37.7 Å². The van der Waals surface area contributed by atoms with Crippen molar-refractivity contribution in [3.05, 3.63) is 46.8 Å². The summed E-state index contributed by atoms with van der Waals surface area (Å²) in [7, 11) is 0. The van der Waals surface area contributed by atoms with Crippen LogP contribution < -0.4 is 5.32 Å². The van der Waals surface area contributed by atoms with Crippen LogP contribution in [0.15, 0.2) is 29.2 Å². The molecule has 0 aliphatic carbocycles. The predicted molar refractivity (Wildman–Crippen MR) is 97.4 cm³/mol. The fourth-order valence-corrected chi connectivity index (χ4v) is 2.97. The minimum absolute atomic E-state index is 0.128. The quantitative estimate of drug-likeness (QED) is 0.468. The van der Waals surface area contributed by atoms with Crippen LogP contribution in [0.4, 0.5) is 5.69 Å². The molecule has 25 heavy (non-hydrogen) atoms. The summed E-state index contributed by atoms with van der Waals surface area (Å²) in [5.74, 6) is -1.23. The maximum Gasteiger partial charge on any atom is 0.355 e. The zero-order valence-corrected chi connectivity index (χ0v) is 15.4. The summed E-state index contributed by atoms with van der Waals surface area (Å²) in [6.45, 7) is 4.42. The smallest absolute Gasteiger partial charge is 0.355 e. The number of H-pyrrole nitrogens is 1. The summed E-state index contributed by atoms with van der Waals surface area (Å²) in [4.78, 5) is 39.6. The van der Waals surface area contributed by atoms with Crippen molar-refractivity contribution in [1.29, 1.82) is 0 Å². The first-order valence-electron chi connectivity index (χ1n) is 7.64. The van der Waals surface area contributed by atoms with Gasteiger partial charge in [-0.2, -0.15) is 0 Å². The van der Waals surface area contributed by atoms with Crippen LogP contribution >= 0.6 is 11.8 Å². The summed E-state index contributed by atoms with van der Waals surface area (Å²) in [6.07, 6.45) is 1.97. The Bertz CT molecular complexity index is 809. The third-order valence-corrected chi connectivity index (χ3v) is 4.45. The van der Waals surface area contributed by atoms with Crippen molar-refractivity contribution >= 4 is 35.1 Å². The van der Waals surface area contributed by atoms with Gasteiger partial charge in [-0.1, -0.05) is 0 Å². The zero-order valence-electron chi connectivity index (χ0n) is 14.6. The number of Topliss-reactive ketones (excluding diaryl/α,β-unsaturated/α-hetero) is 1. The number of carbonyl (C=O) groups excluding carboxylic acids is 3. The third kappa shape index (κ3) is 4.51. The van der Waals surface area contributed by atoms with Crippen LogP contribution in [0.5, 0.6) is 0 Å². The zero-order chi connectivity index (χ0) is 18.6. The maximum absolute atomic E-state index is 12.1. The molecule has 6 nitrogen and oxygen atoms in total. The second-order valence-corrected chi connectivity index (χ2v) is 6.41. The largest absolute Gasteiger partial charge is 0.451 e. The number of aromatic amines is 1. The predicted octanol–water partition coefficient (Wildman–Crippen LogP) is 3.35. The number of hydrogen-bond acceptors (Lipinski definition) is 5. The topological polar surface area (TPSA) is 88.3 Å². The van der Waals surface area contributed by atoms with Crippen molar-refractivity contribution in [2.24, 2.45) is 0 Å². The van der Waals surface area contributed by atoms with E-state index in [1.807, 2.05) is 18.4 Å². The molecule has 2 aromatic rings. The maximum atomic E-state index is 12.1. The van der Waals surface area contributed by atoms with Crippen molar-refractivity contribution in [2.45, 2.75) is 25.7 Å². The fraction of sp³-hybridized carbons (Fsp3) is 0.278. The monoisotopic (exact) mass is 360 g/mol. The van der Waals surface area contributed by atoms with E-state index in [0.29, 0.717) is 22.5 Å². The molecule has 0 aliphatic heterocycles. The minimum atomic E-state index is -0.666. The Morgan fingerprint density at radius 2 is 1.80 bits per heavy atom. The van der Waals surface area contributed by atoms with E-state index in [4.69, 9.17) is 4.74 Å². The molecular weight excluding hydrogens is 340 g/mol. The Morgan fingerprint density at radius 1 is 1.16 bits per heavy atom. The molecule has 1 heterocycles. The van der Waals surface area contributed by atoms with Gasteiger partial charge < -0.3 is 15.0 Å². The van der Waals surface area contributed by atoms with Gasteiger partial charge in [-0.05, 0) is 56.9 Å². The molecule has 0 atom stereocenters. The molecule has 0 fully saturated rings. The number of aromatic nitrogens is 1. The number of benzene rings is 1. The molecule has 1 aromatic carbocycles. The Morgan fingerprint density at radius 3 is 2.32 bits per heavy atom. The van der Waals surface area contributed by atoms with Crippen LogP contribution in [-0.2, 0) is 9.53 Å². The molecule has 1 amide bonds. The molecule has 132 valence electrons. The lowest BCUT2D eigenvalue weighted by Gasteiger charge is -2.07. The lowest BCUT2D eigenvalue weighted by molar-refractivity contribution is -0.119. The van der Waals surface area contributed by atoms with Crippen molar-refractivity contribution in [3.8, 4) is 0 Å². The molecule has 2 N–H and O–H groups in total. The highest BCUT2D eigenvalue weighted by atomic mass is 32.2. The first-order chi connectivity index (χ1) is 11.8. The summed E-state index contributed by atoms with van der Waals surface area (Å²) >= 11 is 1.61. The normalized spacial score (nSPS) is 10.4. The number of carbonyl (C=O) groups is 3. The van der Waals surface area contributed by atoms with Gasteiger partial charge in [0.1, 0.15) is 5.69 Å². The highest BCUT2D eigenvalue weighted by molar-refractivity contribution is 7.98. The number of hydrogen-bond donors (Lipinski definition) is 2. The number of aryl methyl sites for hydroxylation is 1. The summed E-state index contributed by atoms with van der Waals surface area (Å²) < 4.78 is 5.04. The van der Waals surface area contributed by atoms with Crippen molar-refractivity contribution in [1.82, 2.24) is 4.98 Å². The third-order valence-electron chi connectivity index (χ3n) is 3.70. The van der Waals surface area contributed by atoms with Gasteiger partial charge in [-0.15, -0.1) is 11.8 Å². The van der Waals surface area contributed by atoms with Gasteiger partial charge in [0.05, 0.1) is 0 Å². The standard InChI is InChI=1S/C18H20N2O4S/c1-10-16(12(3)21)11(2)19-17(10)18(23)24-9-15(22)20-13-5-7-14(25-4)8-6-13/h5-8,19H,9H2,1-4H3,(H,20,22). The summed E-state index contributed by atoms with van der Waals surface area (Å²) in [5, 5.41) is 2.66. The molecule has 7 heteroatoms. The number of ketones is 1. The van der Waals surface area contributed by atoms with E-state index in [-0.39, 0.29) is 11.5 Å². The van der Waals surface area contributed by atoms with Crippen LogP contribution in [0.1, 0.15) is 39.0 Å². The highest BCUT2D eigenvalue weighted by Gasteiger charge is 2.21. The van der Waals surface area contributed by atoms with Crippen LogP contribution in [0, 0.1) is 13.8 Å². The second-order valence-electron chi connectivity index (χ2n) is 5.53. The first kappa shape index (κ1) is 18.8. The molecule has 1 aromatic heterocycles. The van der Waals surface area contributed by atoms with Gasteiger partial charge in [0.2, 0.25) is 0 Å². The molecule has 0 saturated carbocycles. The first-order valence-corrected chi connectivity index (χ1v) is 8.87. The molecule has 0 aliphatic rings. The number of nitrogens with one attached hydrogen (secondary N) is 2. The van der Waals surface area contributed by atoms with Crippen molar-refractivity contribution < 1.29 is 19.1 Å². The average Bonchev–Trinajstić information content (AvgIpc) is 2.88. The minimum Gasteiger partial charge on any atom is -0.451 e. The Balaban J connectivity index is 1.96. The van der Waals surface area contributed by atoms with Gasteiger partial charge in [0, 0.05) is 21.8 Å². The van der Waals surface area contributed by atoms with E-state index in [1.165, 1.54) is 6.92 Å². The lowest BCUT2D eigenvalue weighted by atomic mass is 10.1. The summed E-state index contributed by atoms with van der Waals surface area (Å²) in [6, 6.07) is 7.34. The molecular formula is C18H20N2O4S. The van der Waals surface area contributed by atoms with Gasteiger partial charge in [-0.3, -0.25) is 9.59 Å². The van der Waals surface area contributed by atoms with Gasteiger partial charge >= 0.3 is 5.97 Å². The molecule has 0 unspecified atom stereocenters. The molecule has 0 bridgehead atoms. The number of anilines is 1. The second kappa shape index (κ2) is 8.02. The van der Waals surface area contributed by atoms with Crippen LogP contribution in [0.2, 0.25) is 0 Å². The number of ether oxygens (including phenoxy) is 1. The summed E-state index contributed by atoms with van der Waals surface area (Å²) in [5.41, 5.74) is 2.44. The van der Waals surface area contributed by atoms with E-state index in [9.17, 15) is 14.4 Å². The van der Waals surface area contributed by atoms with Gasteiger partial charge in [0.25, 0.3) is 5.91 Å². The van der Waals surface area contributed by atoms with Crippen molar-refractivity contribution in [2.75, 3.05) is 18.2 Å². The van der Waals surface area contributed by atoms with E-state index < -0.39 is 18.5 Å². The molecule has 0 saturated heterocycles. The Hall–Kier alpha value is -2.54. The Labute approximate surface area is 150 Å². The fourth-order valence-electron chi connectivity index (χ4n) is 2.56. The Kier molecular flexibility index (Phi) is 6.03. The molecule has 0 radical (unpaired) electrons. The number of amides is 1. The average molecular weight is 360 g/mol. The van der Waals surface area contributed by atoms with Gasteiger partial charge in [-0.25, -0.2) is 4.79 Å².